The van der Waals surface area contributed by atoms with Gasteiger partial charge in [0, 0.05) is 31.7 Å². The van der Waals surface area contributed by atoms with E-state index < -0.39 is 0 Å². The first-order valence-corrected chi connectivity index (χ1v) is 7.55. The van der Waals surface area contributed by atoms with Gasteiger partial charge in [-0.25, -0.2) is 0 Å². The molecule has 6 heteroatoms. The van der Waals surface area contributed by atoms with E-state index in [1.807, 2.05) is 54.2 Å². The van der Waals surface area contributed by atoms with Crippen LogP contribution in [0.3, 0.4) is 0 Å². The van der Waals surface area contributed by atoms with Gasteiger partial charge >= 0.3 is 0 Å². The lowest BCUT2D eigenvalue weighted by Gasteiger charge is -2.22. The fourth-order valence-electron chi connectivity index (χ4n) is 2.31. The second kappa shape index (κ2) is 7.99. The molecule has 1 atom stereocenters. The molecule has 0 aliphatic rings. The predicted octanol–water partition coefficient (Wildman–Crippen LogP) is 2.10. The number of nitriles is 1. The van der Waals surface area contributed by atoms with Gasteiger partial charge in [-0.1, -0.05) is 12.1 Å². The summed E-state index contributed by atoms with van der Waals surface area (Å²) in [6.45, 7) is 2.96. The highest BCUT2D eigenvalue weighted by atomic mass is 16.2. The number of likely N-dealkylation sites (N-methyl/N-ethyl adjacent to an activating group) is 1. The molecule has 0 saturated carbocycles. The van der Waals surface area contributed by atoms with Gasteiger partial charge in [-0.2, -0.15) is 10.4 Å². The second-order valence-corrected chi connectivity index (χ2v) is 5.44. The maximum atomic E-state index is 12.2. The molecule has 23 heavy (non-hydrogen) atoms. The third-order valence-electron chi connectivity index (χ3n) is 3.52. The van der Waals surface area contributed by atoms with Crippen LogP contribution in [-0.2, 0) is 11.3 Å². The Hall–Kier alpha value is -2.81. The summed E-state index contributed by atoms with van der Waals surface area (Å²) in [6.07, 6.45) is 4.00. The molecule has 0 radical (unpaired) electrons. The number of carbonyl (C=O) groups is 1. The summed E-state index contributed by atoms with van der Waals surface area (Å²) in [7, 11) is 1.71. The zero-order chi connectivity index (χ0) is 16.7. The van der Waals surface area contributed by atoms with Gasteiger partial charge in [0.15, 0.2) is 0 Å². The standard InChI is InChI=1S/C17H21N5O/c1-14(17(23)21(2)10-4-8-18)20-16-7-3-6-15(12-16)13-22-11-5-9-19-22/h3,5-7,9,11-12,14,20H,4,10,13H2,1-2H3/t14-/m1/s1. The molecule has 0 aliphatic heterocycles. The van der Waals surface area contributed by atoms with Crippen molar-refractivity contribution in [3.8, 4) is 6.07 Å². The highest BCUT2D eigenvalue weighted by molar-refractivity contribution is 5.84. The number of carbonyl (C=O) groups excluding carboxylic acids is 1. The first-order chi connectivity index (χ1) is 11.1. The van der Waals surface area contributed by atoms with Crippen LogP contribution in [0.25, 0.3) is 0 Å². The Labute approximate surface area is 136 Å². The van der Waals surface area contributed by atoms with E-state index in [1.165, 1.54) is 0 Å². The minimum absolute atomic E-state index is 0.0299. The predicted molar refractivity (Wildman–Crippen MR) is 88.7 cm³/mol. The van der Waals surface area contributed by atoms with Gasteiger partial charge in [0.1, 0.15) is 6.04 Å². The van der Waals surface area contributed by atoms with Crippen LogP contribution in [0, 0.1) is 11.3 Å². The largest absolute Gasteiger partial charge is 0.374 e. The molecule has 2 rings (SSSR count). The highest BCUT2D eigenvalue weighted by Crippen LogP contribution is 2.13. The average Bonchev–Trinajstić information content (AvgIpc) is 3.05. The summed E-state index contributed by atoms with van der Waals surface area (Å²) in [5.41, 5.74) is 2.00. The monoisotopic (exact) mass is 311 g/mol. The number of hydrogen-bond acceptors (Lipinski definition) is 4. The van der Waals surface area contributed by atoms with E-state index in [0.29, 0.717) is 19.5 Å². The number of amides is 1. The molecule has 0 bridgehead atoms. The Morgan fingerprint density at radius 1 is 1.48 bits per heavy atom. The molecule has 2 aromatic rings. The van der Waals surface area contributed by atoms with E-state index in [0.717, 1.165) is 11.3 Å². The Morgan fingerprint density at radius 3 is 3.00 bits per heavy atom. The molecule has 6 nitrogen and oxygen atoms in total. The molecule has 1 N–H and O–H groups in total. The van der Waals surface area contributed by atoms with E-state index in [1.54, 1.807) is 18.1 Å². The van der Waals surface area contributed by atoms with E-state index in [2.05, 4.69) is 10.4 Å². The van der Waals surface area contributed by atoms with E-state index in [4.69, 9.17) is 5.26 Å². The number of aromatic nitrogens is 2. The Morgan fingerprint density at radius 2 is 2.30 bits per heavy atom. The molecule has 0 spiro atoms. The van der Waals surface area contributed by atoms with Crippen molar-refractivity contribution in [2.75, 3.05) is 18.9 Å². The molecule has 0 aliphatic carbocycles. The normalized spacial score (nSPS) is 11.5. The Balaban J connectivity index is 1.96. The first kappa shape index (κ1) is 16.6. The zero-order valence-electron chi connectivity index (χ0n) is 13.4. The molecule has 0 saturated heterocycles. The van der Waals surface area contributed by atoms with Crippen molar-refractivity contribution in [1.82, 2.24) is 14.7 Å². The number of anilines is 1. The molecule has 1 heterocycles. The quantitative estimate of drug-likeness (QED) is 0.850. The number of benzene rings is 1. The lowest BCUT2D eigenvalue weighted by molar-refractivity contribution is -0.130. The zero-order valence-corrected chi connectivity index (χ0v) is 13.4. The molecule has 0 unspecified atom stereocenters. The average molecular weight is 311 g/mol. The summed E-state index contributed by atoms with van der Waals surface area (Å²) in [5, 5.41) is 16.0. The second-order valence-electron chi connectivity index (χ2n) is 5.44. The van der Waals surface area contributed by atoms with Crippen LogP contribution in [0.5, 0.6) is 0 Å². The minimum atomic E-state index is -0.348. The maximum absolute atomic E-state index is 12.2. The summed E-state index contributed by atoms with van der Waals surface area (Å²) in [5.74, 6) is -0.0299. The molecule has 1 amide bonds. The van der Waals surface area contributed by atoms with Crippen LogP contribution in [-0.4, -0.2) is 40.2 Å². The summed E-state index contributed by atoms with van der Waals surface area (Å²) >= 11 is 0. The number of rotatable bonds is 7. The van der Waals surface area contributed by atoms with Gasteiger partial charge in [0.05, 0.1) is 19.0 Å². The third kappa shape index (κ3) is 4.85. The smallest absolute Gasteiger partial charge is 0.244 e. The SMILES string of the molecule is C[C@@H](Nc1cccc(Cn2cccn2)c1)C(=O)N(C)CCC#N. The molecule has 1 aromatic carbocycles. The summed E-state index contributed by atoms with van der Waals surface area (Å²) in [4.78, 5) is 13.8. The molecule has 0 fully saturated rings. The van der Waals surface area contributed by atoms with Crippen LogP contribution < -0.4 is 5.32 Å². The van der Waals surface area contributed by atoms with Crippen LogP contribution in [0.4, 0.5) is 5.69 Å². The van der Waals surface area contributed by atoms with Gasteiger partial charge in [-0.3, -0.25) is 9.48 Å². The van der Waals surface area contributed by atoms with Crippen LogP contribution in [0.1, 0.15) is 18.9 Å². The lowest BCUT2D eigenvalue weighted by atomic mass is 10.2. The number of hydrogen-bond donors (Lipinski definition) is 1. The molecular weight excluding hydrogens is 290 g/mol. The van der Waals surface area contributed by atoms with E-state index in [-0.39, 0.29) is 11.9 Å². The van der Waals surface area contributed by atoms with Crippen molar-refractivity contribution in [3.05, 3.63) is 48.3 Å². The van der Waals surface area contributed by atoms with E-state index >= 15 is 0 Å². The number of nitrogens with one attached hydrogen (secondary N) is 1. The molecule has 120 valence electrons. The Bertz CT molecular complexity index is 675. The highest BCUT2D eigenvalue weighted by Gasteiger charge is 2.17. The van der Waals surface area contributed by atoms with E-state index in [9.17, 15) is 4.79 Å². The topological polar surface area (TPSA) is 74.0 Å². The number of nitrogens with zero attached hydrogens (tertiary/aromatic N) is 4. The fourth-order valence-corrected chi connectivity index (χ4v) is 2.31. The lowest BCUT2D eigenvalue weighted by Crippen LogP contribution is -2.39. The summed E-state index contributed by atoms with van der Waals surface area (Å²) < 4.78 is 1.85. The van der Waals surface area contributed by atoms with Gasteiger partial charge in [0.25, 0.3) is 0 Å². The third-order valence-corrected chi connectivity index (χ3v) is 3.52. The van der Waals surface area contributed by atoms with Crippen LogP contribution in [0.15, 0.2) is 42.7 Å². The molecular formula is C17H21N5O. The molecule has 1 aromatic heterocycles. The van der Waals surface area contributed by atoms with Crippen molar-refractivity contribution in [2.45, 2.75) is 25.9 Å². The first-order valence-electron chi connectivity index (χ1n) is 7.55. The minimum Gasteiger partial charge on any atom is -0.374 e. The van der Waals surface area contributed by atoms with Crippen molar-refractivity contribution in [1.29, 1.82) is 5.26 Å². The van der Waals surface area contributed by atoms with Gasteiger partial charge in [-0.15, -0.1) is 0 Å². The van der Waals surface area contributed by atoms with Crippen molar-refractivity contribution in [3.63, 3.8) is 0 Å². The fraction of sp³-hybridized carbons (Fsp3) is 0.353. The van der Waals surface area contributed by atoms with Crippen molar-refractivity contribution >= 4 is 11.6 Å². The van der Waals surface area contributed by atoms with Crippen LogP contribution in [0.2, 0.25) is 0 Å². The van der Waals surface area contributed by atoms with Crippen molar-refractivity contribution < 1.29 is 4.79 Å². The maximum Gasteiger partial charge on any atom is 0.244 e. The van der Waals surface area contributed by atoms with Crippen molar-refractivity contribution in [2.24, 2.45) is 0 Å². The Kier molecular flexibility index (Phi) is 5.75. The van der Waals surface area contributed by atoms with Crippen LogP contribution >= 0.6 is 0 Å². The van der Waals surface area contributed by atoms with Gasteiger partial charge in [-0.05, 0) is 30.7 Å². The van der Waals surface area contributed by atoms with Gasteiger partial charge < -0.3 is 10.2 Å². The van der Waals surface area contributed by atoms with Gasteiger partial charge in [0.2, 0.25) is 5.91 Å². The summed E-state index contributed by atoms with van der Waals surface area (Å²) in [6, 6.07) is 11.5.